The number of benzene rings is 2. The molecule has 1 heterocycles. The third-order valence-electron chi connectivity index (χ3n) is 5.40. The largest absolute Gasteiger partial charge is 0.491 e. The summed E-state index contributed by atoms with van der Waals surface area (Å²) in [6.07, 6.45) is 1.03. The van der Waals surface area contributed by atoms with Crippen LogP contribution in [0.2, 0.25) is 0 Å². The van der Waals surface area contributed by atoms with Crippen LogP contribution < -0.4 is 4.74 Å². The summed E-state index contributed by atoms with van der Waals surface area (Å²) in [5.74, 6) is 0.686. The van der Waals surface area contributed by atoms with Crippen molar-refractivity contribution in [3.63, 3.8) is 0 Å². The number of nitrogens with zero attached hydrogens (tertiary/aromatic N) is 2. The van der Waals surface area contributed by atoms with Crippen molar-refractivity contribution in [3.05, 3.63) is 60.2 Å². The zero-order valence-corrected chi connectivity index (χ0v) is 18.6. The van der Waals surface area contributed by atoms with E-state index >= 15 is 0 Å². The molecule has 0 aromatic heterocycles. The van der Waals surface area contributed by atoms with E-state index in [0.717, 1.165) is 13.0 Å². The minimum absolute atomic E-state index is 0.0584. The second kappa shape index (κ2) is 9.28. The Labute approximate surface area is 175 Å². The third kappa shape index (κ3) is 5.38. The van der Waals surface area contributed by atoms with Crippen LogP contribution in [-0.4, -0.2) is 55.4 Å². The summed E-state index contributed by atoms with van der Waals surface area (Å²) in [4.78, 5) is 2.74. The molecule has 0 amide bonds. The van der Waals surface area contributed by atoms with E-state index in [0.29, 0.717) is 23.7 Å². The van der Waals surface area contributed by atoms with Gasteiger partial charge in [-0.25, -0.2) is 8.42 Å². The summed E-state index contributed by atoms with van der Waals surface area (Å²) >= 11 is 0. The summed E-state index contributed by atoms with van der Waals surface area (Å²) in [7, 11) is -3.51. The number of ether oxygens (including phenoxy) is 1. The lowest BCUT2D eigenvalue weighted by Crippen LogP contribution is -2.58. The summed E-state index contributed by atoms with van der Waals surface area (Å²) < 4.78 is 33.6. The summed E-state index contributed by atoms with van der Waals surface area (Å²) in [6, 6.07) is 17.5. The molecule has 1 saturated heterocycles. The van der Waals surface area contributed by atoms with Gasteiger partial charge >= 0.3 is 0 Å². The van der Waals surface area contributed by atoms with Crippen LogP contribution in [0.15, 0.2) is 59.5 Å². The Morgan fingerprint density at radius 2 is 1.55 bits per heavy atom. The minimum atomic E-state index is -3.51. The van der Waals surface area contributed by atoms with Crippen LogP contribution in [0.25, 0.3) is 0 Å². The monoisotopic (exact) mass is 416 g/mol. The molecular formula is C23H32N2O3S. The predicted molar refractivity (Wildman–Crippen MR) is 117 cm³/mol. The Bertz CT molecular complexity index is 870. The molecule has 1 aliphatic heterocycles. The molecule has 3 rings (SSSR count). The molecule has 0 radical (unpaired) electrons. The van der Waals surface area contributed by atoms with Gasteiger partial charge in [0.15, 0.2) is 0 Å². The standard InChI is InChI=1S/C23H32N2O3S/c1-18(2)28-22-10-12-23(13-11-22)29(26,27)24-16-19(3)25(20(4)17-24)15-14-21-8-6-5-7-9-21/h5-13,18-20H,14-17H2,1-4H3. The zero-order valence-electron chi connectivity index (χ0n) is 17.8. The predicted octanol–water partition coefficient (Wildman–Crippen LogP) is 3.80. The van der Waals surface area contributed by atoms with Crippen LogP contribution in [0.1, 0.15) is 33.3 Å². The van der Waals surface area contributed by atoms with Crippen LogP contribution in [0.3, 0.4) is 0 Å². The smallest absolute Gasteiger partial charge is 0.243 e. The molecule has 2 aromatic rings. The highest BCUT2D eigenvalue weighted by Crippen LogP contribution is 2.25. The molecule has 2 aromatic carbocycles. The molecule has 6 heteroatoms. The maximum atomic E-state index is 13.2. The van der Waals surface area contributed by atoms with E-state index in [-0.39, 0.29) is 18.2 Å². The van der Waals surface area contributed by atoms with E-state index in [1.54, 1.807) is 28.6 Å². The van der Waals surface area contributed by atoms with Crippen LogP contribution in [0.5, 0.6) is 5.75 Å². The van der Waals surface area contributed by atoms with Crippen molar-refractivity contribution in [2.24, 2.45) is 0 Å². The van der Waals surface area contributed by atoms with Gasteiger partial charge in [0.25, 0.3) is 0 Å². The molecule has 0 saturated carbocycles. The van der Waals surface area contributed by atoms with E-state index in [2.05, 4.69) is 43.0 Å². The van der Waals surface area contributed by atoms with Gasteiger partial charge in [0, 0.05) is 31.7 Å². The van der Waals surface area contributed by atoms with E-state index in [4.69, 9.17) is 4.74 Å². The lowest BCUT2D eigenvalue weighted by molar-refractivity contribution is 0.0784. The average Bonchev–Trinajstić information content (AvgIpc) is 2.68. The first kappa shape index (κ1) is 21.8. The van der Waals surface area contributed by atoms with Crippen molar-refractivity contribution < 1.29 is 13.2 Å². The number of sulfonamides is 1. The molecule has 0 N–H and O–H groups in total. The van der Waals surface area contributed by atoms with Crippen molar-refractivity contribution in [1.29, 1.82) is 0 Å². The fourth-order valence-corrected chi connectivity index (χ4v) is 5.56. The van der Waals surface area contributed by atoms with Crippen LogP contribution in [0, 0.1) is 0 Å². The topological polar surface area (TPSA) is 49.9 Å². The van der Waals surface area contributed by atoms with Crippen molar-refractivity contribution in [3.8, 4) is 5.75 Å². The highest BCUT2D eigenvalue weighted by Gasteiger charge is 2.35. The molecule has 5 nitrogen and oxygen atoms in total. The second-order valence-electron chi connectivity index (χ2n) is 8.13. The van der Waals surface area contributed by atoms with Gasteiger partial charge in [0.1, 0.15) is 5.75 Å². The highest BCUT2D eigenvalue weighted by atomic mass is 32.2. The van der Waals surface area contributed by atoms with Gasteiger partial charge in [0.05, 0.1) is 11.0 Å². The summed E-state index contributed by atoms with van der Waals surface area (Å²) in [6.45, 7) is 10.1. The molecule has 158 valence electrons. The molecule has 2 atom stereocenters. The van der Waals surface area contributed by atoms with Gasteiger partial charge in [-0.2, -0.15) is 4.31 Å². The summed E-state index contributed by atoms with van der Waals surface area (Å²) in [5, 5.41) is 0. The van der Waals surface area contributed by atoms with Crippen LogP contribution >= 0.6 is 0 Å². The molecular weight excluding hydrogens is 384 g/mol. The second-order valence-corrected chi connectivity index (χ2v) is 10.1. The van der Waals surface area contributed by atoms with Crippen molar-refractivity contribution in [2.75, 3.05) is 19.6 Å². The fourth-order valence-electron chi connectivity index (χ4n) is 3.96. The van der Waals surface area contributed by atoms with Gasteiger partial charge in [-0.15, -0.1) is 0 Å². The Morgan fingerprint density at radius 1 is 0.966 bits per heavy atom. The number of hydrogen-bond donors (Lipinski definition) is 0. The lowest BCUT2D eigenvalue weighted by atomic mass is 10.1. The van der Waals surface area contributed by atoms with Crippen molar-refractivity contribution >= 4 is 10.0 Å². The molecule has 2 unspecified atom stereocenters. The van der Waals surface area contributed by atoms with Crippen LogP contribution in [0.4, 0.5) is 0 Å². The highest BCUT2D eigenvalue weighted by molar-refractivity contribution is 7.89. The molecule has 0 aliphatic carbocycles. The van der Waals surface area contributed by atoms with E-state index in [1.807, 2.05) is 19.9 Å². The number of piperazine rings is 1. The normalized spacial score (nSPS) is 21.4. The Morgan fingerprint density at radius 3 is 2.10 bits per heavy atom. The van der Waals surface area contributed by atoms with Gasteiger partial charge in [-0.1, -0.05) is 30.3 Å². The molecule has 1 aliphatic rings. The van der Waals surface area contributed by atoms with Crippen molar-refractivity contribution in [2.45, 2.75) is 57.2 Å². The average molecular weight is 417 g/mol. The molecule has 1 fully saturated rings. The first-order valence-corrected chi connectivity index (χ1v) is 11.8. The number of rotatable bonds is 7. The third-order valence-corrected chi connectivity index (χ3v) is 7.25. The van der Waals surface area contributed by atoms with Crippen molar-refractivity contribution in [1.82, 2.24) is 9.21 Å². The molecule has 29 heavy (non-hydrogen) atoms. The van der Waals surface area contributed by atoms with Gasteiger partial charge in [0.2, 0.25) is 10.0 Å². The van der Waals surface area contributed by atoms with Gasteiger partial charge < -0.3 is 4.74 Å². The van der Waals surface area contributed by atoms with Gasteiger partial charge in [-0.05, 0) is 63.9 Å². The van der Waals surface area contributed by atoms with E-state index < -0.39 is 10.0 Å². The molecule has 0 spiro atoms. The lowest BCUT2D eigenvalue weighted by Gasteiger charge is -2.43. The Kier molecular flexibility index (Phi) is 6.98. The Balaban J connectivity index is 1.66. The SMILES string of the molecule is CC(C)Oc1ccc(S(=O)(=O)N2CC(C)N(CCc3ccccc3)C(C)C2)cc1. The van der Waals surface area contributed by atoms with E-state index in [9.17, 15) is 8.42 Å². The fraction of sp³-hybridized carbons (Fsp3) is 0.478. The van der Waals surface area contributed by atoms with E-state index in [1.165, 1.54) is 5.56 Å². The Hall–Kier alpha value is -1.89. The quantitative estimate of drug-likeness (QED) is 0.689. The first-order chi connectivity index (χ1) is 13.8. The minimum Gasteiger partial charge on any atom is -0.491 e. The number of hydrogen-bond acceptors (Lipinski definition) is 4. The zero-order chi connectivity index (χ0) is 21.0. The molecule has 0 bridgehead atoms. The summed E-state index contributed by atoms with van der Waals surface area (Å²) in [5.41, 5.74) is 1.31. The van der Waals surface area contributed by atoms with Crippen LogP contribution in [-0.2, 0) is 16.4 Å². The van der Waals surface area contributed by atoms with Gasteiger partial charge in [-0.3, -0.25) is 4.90 Å². The maximum Gasteiger partial charge on any atom is 0.243 e. The first-order valence-electron chi connectivity index (χ1n) is 10.3. The maximum absolute atomic E-state index is 13.2.